The molecule has 1 atom stereocenters. The van der Waals surface area contributed by atoms with Crippen molar-refractivity contribution < 1.29 is 18.8 Å². The fraction of sp³-hybridized carbons (Fsp3) is 0.158. The van der Waals surface area contributed by atoms with Crippen molar-refractivity contribution in [1.82, 2.24) is 25.1 Å². The number of rotatable bonds is 7. The molecule has 0 aliphatic heterocycles. The van der Waals surface area contributed by atoms with Gasteiger partial charge in [-0.15, -0.1) is 0 Å². The Morgan fingerprint density at radius 2 is 1.93 bits per heavy atom. The molecule has 1 aromatic carbocycles. The Labute approximate surface area is 164 Å². The number of aromatic nitrogens is 4. The van der Waals surface area contributed by atoms with E-state index < -0.39 is 29.7 Å². The topological polar surface area (TPSA) is 133 Å². The second kappa shape index (κ2) is 8.38. The Hall–Kier alpha value is -3.95. The number of nitrogens with zero attached hydrogens (tertiary/aromatic N) is 4. The summed E-state index contributed by atoms with van der Waals surface area (Å²) in [7, 11) is 0. The first-order valence-electron chi connectivity index (χ1n) is 8.59. The zero-order valence-electron chi connectivity index (χ0n) is 15.4. The standard InChI is InChI=1S/C19H17FN6O3/c1-11-9-14(26(25-11)15-7-8-22-19(20)24-15)18(29)23-13(16(27)17(21)28)10-12-5-3-2-4-6-12/h2-9,13H,10H2,1H3,(H2,21,28)(H,23,29). The quantitative estimate of drug-likeness (QED) is 0.441. The molecule has 0 saturated carbocycles. The summed E-state index contributed by atoms with van der Waals surface area (Å²) in [6.07, 6.45) is 0.280. The Bertz CT molecular complexity index is 1070. The highest BCUT2D eigenvalue weighted by atomic mass is 19.1. The lowest BCUT2D eigenvalue weighted by molar-refractivity contribution is -0.137. The summed E-state index contributed by atoms with van der Waals surface area (Å²) >= 11 is 0. The van der Waals surface area contributed by atoms with Crippen LogP contribution in [-0.4, -0.2) is 43.4 Å². The second-order valence-corrected chi connectivity index (χ2v) is 6.21. The van der Waals surface area contributed by atoms with E-state index in [0.29, 0.717) is 5.69 Å². The molecule has 0 aliphatic rings. The van der Waals surface area contributed by atoms with E-state index in [0.717, 1.165) is 10.2 Å². The van der Waals surface area contributed by atoms with E-state index in [2.05, 4.69) is 20.4 Å². The van der Waals surface area contributed by atoms with Gasteiger partial charge in [0.15, 0.2) is 5.82 Å². The van der Waals surface area contributed by atoms with Crippen molar-refractivity contribution in [2.45, 2.75) is 19.4 Å². The van der Waals surface area contributed by atoms with E-state index in [9.17, 15) is 18.8 Å². The Morgan fingerprint density at radius 1 is 1.21 bits per heavy atom. The number of amides is 2. The lowest BCUT2D eigenvalue weighted by atomic mass is 10.0. The van der Waals surface area contributed by atoms with Crippen LogP contribution in [0.15, 0.2) is 48.7 Å². The van der Waals surface area contributed by atoms with Gasteiger partial charge in [-0.1, -0.05) is 30.3 Å². The molecule has 0 fully saturated rings. The summed E-state index contributed by atoms with van der Waals surface area (Å²) in [5.41, 5.74) is 6.34. The van der Waals surface area contributed by atoms with Crippen molar-refractivity contribution in [2.75, 3.05) is 0 Å². The van der Waals surface area contributed by atoms with Gasteiger partial charge in [-0.05, 0) is 18.6 Å². The number of carbonyl (C=O) groups is 3. The first kappa shape index (κ1) is 19.8. The zero-order chi connectivity index (χ0) is 21.0. The molecule has 1 unspecified atom stereocenters. The number of hydrogen-bond acceptors (Lipinski definition) is 6. The van der Waals surface area contributed by atoms with Crippen LogP contribution in [0.3, 0.4) is 0 Å². The van der Waals surface area contributed by atoms with Gasteiger partial charge in [0.25, 0.3) is 11.8 Å². The highest BCUT2D eigenvalue weighted by Crippen LogP contribution is 2.12. The number of carbonyl (C=O) groups excluding carboxylic acids is 3. The summed E-state index contributed by atoms with van der Waals surface area (Å²) in [4.78, 5) is 43.5. The minimum absolute atomic E-state index is 0.0101. The van der Waals surface area contributed by atoms with E-state index in [1.165, 1.54) is 18.3 Å². The molecule has 0 aliphatic carbocycles. The first-order chi connectivity index (χ1) is 13.8. The maximum atomic E-state index is 13.4. The third-order valence-electron chi connectivity index (χ3n) is 4.04. The van der Waals surface area contributed by atoms with Crippen LogP contribution < -0.4 is 11.1 Å². The lowest BCUT2D eigenvalue weighted by Gasteiger charge is -2.16. The molecule has 3 N–H and O–H groups in total. The summed E-state index contributed by atoms with van der Waals surface area (Å²) in [6, 6.07) is 10.5. The maximum Gasteiger partial charge on any atom is 0.310 e. The van der Waals surface area contributed by atoms with Gasteiger partial charge in [0.2, 0.25) is 5.78 Å². The van der Waals surface area contributed by atoms with Gasteiger partial charge in [-0.3, -0.25) is 14.4 Å². The molecule has 0 bridgehead atoms. The van der Waals surface area contributed by atoms with Crippen molar-refractivity contribution in [1.29, 1.82) is 0 Å². The second-order valence-electron chi connectivity index (χ2n) is 6.21. The largest absolute Gasteiger partial charge is 0.363 e. The molecule has 0 spiro atoms. The smallest absolute Gasteiger partial charge is 0.310 e. The molecular formula is C19H17FN6O3. The predicted molar refractivity (Wildman–Crippen MR) is 99.5 cm³/mol. The molecule has 2 aromatic heterocycles. The Balaban J connectivity index is 1.90. The van der Waals surface area contributed by atoms with E-state index in [4.69, 9.17) is 5.73 Å². The predicted octanol–water partition coefficient (Wildman–Crippen LogP) is 0.505. The number of benzene rings is 1. The molecule has 10 heteroatoms. The maximum absolute atomic E-state index is 13.4. The molecule has 29 heavy (non-hydrogen) atoms. The van der Waals surface area contributed by atoms with Gasteiger partial charge in [0, 0.05) is 18.7 Å². The molecular weight excluding hydrogens is 379 g/mol. The van der Waals surface area contributed by atoms with Crippen LogP contribution in [0.2, 0.25) is 0 Å². The van der Waals surface area contributed by atoms with Gasteiger partial charge >= 0.3 is 6.08 Å². The van der Waals surface area contributed by atoms with Crippen molar-refractivity contribution in [3.63, 3.8) is 0 Å². The number of nitrogens with one attached hydrogen (secondary N) is 1. The van der Waals surface area contributed by atoms with Gasteiger partial charge in [-0.25, -0.2) is 9.67 Å². The fourth-order valence-electron chi connectivity index (χ4n) is 2.74. The van der Waals surface area contributed by atoms with Crippen LogP contribution in [0.4, 0.5) is 4.39 Å². The van der Waals surface area contributed by atoms with Crippen LogP contribution in [0.5, 0.6) is 0 Å². The monoisotopic (exact) mass is 396 g/mol. The number of halogens is 1. The third kappa shape index (κ3) is 4.67. The Kier molecular flexibility index (Phi) is 5.72. The zero-order valence-corrected chi connectivity index (χ0v) is 15.4. The number of ketones is 1. The van der Waals surface area contributed by atoms with Crippen LogP contribution in [0, 0.1) is 13.0 Å². The Morgan fingerprint density at radius 3 is 2.59 bits per heavy atom. The summed E-state index contributed by atoms with van der Waals surface area (Å²) in [5.74, 6) is -2.75. The number of hydrogen-bond donors (Lipinski definition) is 2. The van der Waals surface area contributed by atoms with Crippen molar-refractivity contribution >= 4 is 17.6 Å². The molecule has 3 rings (SSSR count). The highest BCUT2D eigenvalue weighted by Gasteiger charge is 2.27. The fourth-order valence-corrected chi connectivity index (χ4v) is 2.74. The van der Waals surface area contributed by atoms with Crippen molar-refractivity contribution in [3.8, 4) is 5.82 Å². The van der Waals surface area contributed by atoms with Crippen LogP contribution in [0.1, 0.15) is 21.7 Å². The van der Waals surface area contributed by atoms with Gasteiger partial charge in [0.05, 0.1) is 5.69 Å². The SMILES string of the molecule is Cc1cc(C(=O)NC(Cc2ccccc2)C(=O)C(N)=O)n(-c2ccnc(F)n2)n1. The van der Waals surface area contributed by atoms with Gasteiger partial charge in [-0.2, -0.15) is 14.5 Å². The number of Topliss-reactive ketones (excluding diaryl/α,β-unsaturated/α-hetero) is 1. The van der Waals surface area contributed by atoms with Crippen LogP contribution >= 0.6 is 0 Å². The van der Waals surface area contributed by atoms with E-state index in [-0.39, 0.29) is 17.9 Å². The third-order valence-corrected chi connectivity index (χ3v) is 4.04. The van der Waals surface area contributed by atoms with Gasteiger partial charge < -0.3 is 11.1 Å². The van der Waals surface area contributed by atoms with Crippen LogP contribution in [0.25, 0.3) is 5.82 Å². The van der Waals surface area contributed by atoms with E-state index in [1.807, 2.05) is 0 Å². The number of primary amides is 1. The molecule has 2 heterocycles. The minimum atomic E-state index is -1.17. The summed E-state index contributed by atoms with van der Waals surface area (Å²) in [6.45, 7) is 1.64. The molecule has 0 radical (unpaired) electrons. The molecule has 148 valence electrons. The molecule has 0 saturated heterocycles. The summed E-state index contributed by atoms with van der Waals surface area (Å²) < 4.78 is 14.5. The van der Waals surface area contributed by atoms with Crippen molar-refractivity contribution in [3.05, 3.63) is 71.7 Å². The van der Waals surface area contributed by atoms with E-state index >= 15 is 0 Å². The van der Waals surface area contributed by atoms with Crippen molar-refractivity contribution in [2.24, 2.45) is 5.73 Å². The lowest BCUT2D eigenvalue weighted by Crippen LogP contribution is -2.47. The molecule has 2 amide bonds. The highest BCUT2D eigenvalue weighted by molar-refractivity contribution is 6.38. The molecule has 3 aromatic rings. The van der Waals surface area contributed by atoms with E-state index in [1.54, 1.807) is 37.3 Å². The minimum Gasteiger partial charge on any atom is -0.363 e. The first-order valence-corrected chi connectivity index (χ1v) is 8.59. The number of aryl methyl sites for hydroxylation is 1. The average Bonchev–Trinajstić information content (AvgIpc) is 3.09. The molecule has 9 nitrogen and oxygen atoms in total. The number of nitrogens with two attached hydrogens (primary N) is 1. The average molecular weight is 396 g/mol. The summed E-state index contributed by atoms with van der Waals surface area (Å²) in [5, 5.41) is 6.65. The normalized spacial score (nSPS) is 11.7. The van der Waals surface area contributed by atoms with Crippen LogP contribution in [-0.2, 0) is 16.0 Å². The van der Waals surface area contributed by atoms with Gasteiger partial charge in [0.1, 0.15) is 11.7 Å².